The second-order valence-corrected chi connectivity index (χ2v) is 8.50. The molecular weight excluding hydrogens is 342 g/mol. The topological polar surface area (TPSA) is 65.7 Å². The van der Waals surface area contributed by atoms with Crippen LogP contribution in [0.4, 0.5) is 6.01 Å². The zero-order valence-electron chi connectivity index (χ0n) is 16.5. The molecule has 146 valence electrons. The molecule has 0 aromatic carbocycles. The minimum absolute atomic E-state index is 0.286. The van der Waals surface area contributed by atoms with Gasteiger partial charge >= 0.3 is 6.01 Å². The molecule has 1 aromatic heterocycles. The van der Waals surface area contributed by atoms with Crippen LogP contribution >= 0.6 is 0 Å². The van der Waals surface area contributed by atoms with E-state index in [1.165, 1.54) is 5.57 Å². The van der Waals surface area contributed by atoms with Gasteiger partial charge in [0.05, 0.1) is 0 Å². The highest BCUT2D eigenvalue weighted by Crippen LogP contribution is 2.54. The number of anilines is 1. The van der Waals surface area contributed by atoms with E-state index in [2.05, 4.69) is 40.0 Å². The van der Waals surface area contributed by atoms with Gasteiger partial charge in [-0.1, -0.05) is 5.16 Å². The zero-order chi connectivity index (χ0) is 18.7. The summed E-state index contributed by atoms with van der Waals surface area (Å²) in [5.41, 5.74) is 1.49. The van der Waals surface area contributed by atoms with Crippen molar-refractivity contribution in [2.75, 3.05) is 31.1 Å². The van der Waals surface area contributed by atoms with Gasteiger partial charge in [0.2, 0.25) is 5.91 Å². The monoisotopic (exact) mass is 371 g/mol. The molecular formula is C20H29N5O2. The Morgan fingerprint density at radius 2 is 2.04 bits per heavy atom. The normalized spacial score (nSPS) is 34.6. The van der Waals surface area contributed by atoms with E-state index in [0.29, 0.717) is 41.7 Å². The lowest BCUT2D eigenvalue weighted by molar-refractivity contribution is -0.133. The molecule has 2 unspecified atom stereocenters. The highest BCUT2D eigenvalue weighted by Gasteiger charge is 2.61. The Hall–Kier alpha value is -1.89. The molecule has 1 amide bonds. The van der Waals surface area contributed by atoms with Crippen molar-refractivity contribution in [1.29, 1.82) is 0 Å². The minimum Gasteiger partial charge on any atom is -0.343 e. The first-order chi connectivity index (χ1) is 13.1. The number of amides is 1. The van der Waals surface area contributed by atoms with Crippen LogP contribution < -0.4 is 4.90 Å². The SMILES string of the molecule is CCN(CC)C(=O)[C@H]1[C@@H]2CN(C3CC4CCC3=CN4c3nc(C)no3)C[C@@H]21. The Labute approximate surface area is 160 Å². The van der Waals surface area contributed by atoms with Crippen LogP contribution in [0, 0.1) is 24.7 Å². The van der Waals surface area contributed by atoms with Crippen molar-refractivity contribution in [1.82, 2.24) is 19.9 Å². The predicted molar refractivity (Wildman–Crippen MR) is 101 cm³/mol. The number of hydrogen-bond acceptors (Lipinski definition) is 6. The number of likely N-dealkylation sites (tertiary alicyclic amines) is 1. The van der Waals surface area contributed by atoms with Crippen molar-refractivity contribution in [3.63, 3.8) is 0 Å². The maximum absolute atomic E-state index is 12.7. The second kappa shape index (κ2) is 6.33. The molecule has 2 saturated carbocycles. The fourth-order valence-corrected chi connectivity index (χ4v) is 5.63. The lowest BCUT2D eigenvalue weighted by Crippen LogP contribution is -2.50. The van der Waals surface area contributed by atoms with Gasteiger partial charge in [0, 0.05) is 50.4 Å². The van der Waals surface area contributed by atoms with Crippen LogP contribution in [-0.4, -0.2) is 64.1 Å². The Morgan fingerprint density at radius 1 is 1.30 bits per heavy atom. The first kappa shape index (κ1) is 17.2. The molecule has 7 heteroatoms. The van der Waals surface area contributed by atoms with E-state index >= 15 is 0 Å². The van der Waals surface area contributed by atoms with Gasteiger partial charge in [-0.15, -0.1) is 0 Å². The van der Waals surface area contributed by atoms with Crippen molar-refractivity contribution in [2.24, 2.45) is 17.8 Å². The Bertz CT molecular complexity index is 758. The second-order valence-electron chi connectivity index (χ2n) is 8.50. The van der Waals surface area contributed by atoms with Crippen LogP contribution in [0.5, 0.6) is 0 Å². The van der Waals surface area contributed by atoms with Gasteiger partial charge in [0.1, 0.15) is 0 Å². The molecule has 0 N–H and O–H groups in total. The summed E-state index contributed by atoms with van der Waals surface area (Å²) in [6.45, 7) is 9.83. The van der Waals surface area contributed by atoms with E-state index in [-0.39, 0.29) is 5.92 Å². The minimum atomic E-state index is 0.286. The van der Waals surface area contributed by atoms with E-state index in [0.717, 1.165) is 45.4 Å². The Morgan fingerprint density at radius 3 is 2.59 bits per heavy atom. The number of aromatic nitrogens is 2. The number of nitrogens with zero attached hydrogens (tertiary/aromatic N) is 5. The molecule has 2 aliphatic carbocycles. The summed E-state index contributed by atoms with van der Waals surface area (Å²) >= 11 is 0. The number of piperidine rings is 1. The Kier molecular flexibility index (Phi) is 4.04. The van der Waals surface area contributed by atoms with Crippen LogP contribution in [0.3, 0.4) is 0 Å². The number of aryl methyl sites for hydroxylation is 1. The summed E-state index contributed by atoms with van der Waals surface area (Å²) in [5, 5.41) is 3.94. The summed E-state index contributed by atoms with van der Waals surface area (Å²) in [5.74, 6) is 2.51. The first-order valence-electron chi connectivity index (χ1n) is 10.4. The summed E-state index contributed by atoms with van der Waals surface area (Å²) < 4.78 is 5.39. The summed E-state index contributed by atoms with van der Waals surface area (Å²) in [7, 11) is 0. The average molecular weight is 371 g/mol. The van der Waals surface area contributed by atoms with E-state index in [1.54, 1.807) is 0 Å². The predicted octanol–water partition coefficient (Wildman–Crippen LogP) is 2.05. The summed E-state index contributed by atoms with van der Waals surface area (Å²) in [6.07, 6.45) is 5.69. The third-order valence-electron chi connectivity index (χ3n) is 7.15. The van der Waals surface area contributed by atoms with Gasteiger partial charge in [-0.2, -0.15) is 4.98 Å². The number of carbonyl (C=O) groups is 1. The van der Waals surface area contributed by atoms with Crippen molar-refractivity contribution in [2.45, 2.75) is 52.1 Å². The van der Waals surface area contributed by atoms with Gasteiger partial charge in [0.15, 0.2) is 5.82 Å². The van der Waals surface area contributed by atoms with Crippen LogP contribution in [0.2, 0.25) is 0 Å². The van der Waals surface area contributed by atoms with Gasteiger partial charge < -0.3 is 9.42 Å². The molecule has 7 nitrogen and oxygen atoms in total. The maximum Gasteiger partial charge on any atom is 0.328 e. The third-order valence-corrected chi connectivity index (χ3v) is 7.15. The molecule has 0 radical (unpaired) electrons. The third kappa shape index (κ3) is 2.70. The molecule has 5 aliphatic rings. The summed E-state index contributed by atoms with van der Waals surface area (Å²) in [4.78, 5) is 23.9. The lowest BCUT2D eigenvalue weighted by Gasteiger charge is -2.46. The molecule has 2 bridgehead atoms. The van der Waals surface area contributed by atoms with Gasteiger partial charge in [-0.25, -0.2) is 0 Å². The van der Waals surface area contributed by atoms with Crippen LogP contribution in [0.1, 0.15) is 38.9 Å². The fourth-order valence-electron chi connectivity index (χ4n) is 5.63. The highest BCUT2D eigenvalue weighted by molar-refractivity contribution is 5.82. The van der Waals surface area contributed by atoms with E-state index in [9.17, 15) is 4.79 Å². The molecule has 6 rings (SSSR count). The quantitative estimate of drug-likeness (QED) is 0.789. The molecule has 1 aromatic rings. The fraction of sp³-hybridized carbons (Fsp3) is 0.750. The largest absolute Gasteiger partial charge is 0.343 e. The van der Waals surface area contributed by atoms with Crippen molar-refractivity contribution in [3.05, 3.63) is 17.6 Å². The van der Waals surface area contributed by atoms with Crippen molar-refractivity contribution >= 4 is 11.9 Å². The van der Waals surface area contributed by atoms with E-state index in [1.807, 2.05) is 11.8 Å². The average Bonchev–Trinajstić information content (AvgIpc) is 3.01. The lowest BCUT2D eigenvalue weighted by atomic mass is 9.81. The molecule has 1 saturated heterocycles. The van der Waals surface area contributed by atoms with Gasteiger partial charge in [-0.05, 0) is 57.4 Å². The molecule has 3 fully saturated rings. The number of carbonyl (C=O) groups excluding carboxylic acids is 1. The van der Waals surface area contributed by atoms with E-state index < -0.39 is 0 Å². The molecule has 3 aliphatic heterocycles. The molecule has 27 heavy (non-hydrogen) atoms. The standard InChI is InChI=1S/C20H29N5O2/c1-4-23(5-2)19(26)18-15-10-24(11-16(15)18)17-8-14-7-6-13(17)9-25(14)20-21-12(3)22-27-20/h9,14-18H,4-8,10-11H2,1-3H3/t14?,15-,16+,17?,18+. The molecule has 5 atom stereocenters. The molecule has 0 spiro atoms. The molecule has 4 heterocycles. The van der Waals surface area contributed by atoms with E-state index in [4.69, 9.17) is 4.52 Å². The van der Waals surface area contributed by atoms with Crippen molar-refractivity contribution < 1.29 is 9.32 Å². The zero-order valence-corrected chi connectivity index (χ0v) is 16.5. The number of hydrogen-bond donors (Lipinski definition) is 0. The maximum atomic E-state index is 12.7. The number of rotatable bonds is 5. The van der Waals surface area contributed by atoms with Crippen molar-refractivity contribution in [3.8, 4) is 0 Å². The van der Waals surface area contributed by atoms with Gasteiger partial charge in [0.25, 0.3) is 0 Å². The van der Waals surface area contributed by atoms with Crippen LogP contribution in [0.15, 0.2) is 16.3 Å². The first-order valence-corrected chi connectivity index (χ1v) is 10.4. The van der Waals surface area contributed by atoms with Gasteiger partial charge in [-0.3, -0.25) is 14.6 Å². The number of fused-ring (bicyclic) bond motifs is 4. The summed E-state index contributed by atoms with van der Waals surface area (Å²) in [6, 6.07) is 1.60. The van der Waals surface area contributed by atoms with Crippen LogP contribution in [0.25, 0.3) is 0 Å². The smallest absolute Gasteiger partial charge is 0.328 e. The highest BCUT2D eigenvalue weighted by atomic mass is 16.5. The Balaban J connectivity index is 1.25. The van der Waals surface area contributed by atoms with Crippen LogP contribution in [-0.2, 0) is 4.79 Å².